The van der Waals surface area contributed by atoms with E-state index >= 15 is 0 Å². The zero-order valence-corrected chi connectivity index (χ0v) is 9.02. The number of aliphatic carboxylic acids is 1. The van der Waals surface area contributed by atoms with Crippen LogP contribution in [0.3, 0.4) is 0 Å². The first-order valence-corrected chi connectivity index (χ1v) is 4.87. The summed E-state index contributed by atoms with van der Waals surface area (Å²) in [7, 11) is 0. The standard InChI is InChI=1S/C12H12O4/c1-12(2,11(14)15)8-6-16-10-7(8)4-3-5-9(10)13/h3-6,13H,1-2H3,(H,14,15). The van der Waals surface area contributed by atoms with E-state index in [4.69, 9.17) is 9.52 Å². The average Bonchev–Trinajstić information content (AvgIpc) is 2.63. The lowest BCUT2D eigenvalue weighted by atomic mass is 9.84. The van der Waals surface area contributed by atoms with Gasteiger partial charge in [-0.1, -0.05) is 12.1 Å². The molecular weight excluding hydrogens is 208 g/mol. The maximum absolute atomic E-state index is 11.1. The smallest absolute Gasteiger partial charge is 0.313 e. The van der Waals surface area contributed by atoms with Gasteiger partial charge in [-0.15, -0.1) is 0 Å². The lowest BCUT2D eigenvalue weighted by Crippen LogP contribution is -2.28. The molecule has 4 heteroatoms. The molecule has 1 aromatic carbocycles. The fraction of sp³-hybridized carbons (Fsp3) is 0.250. The molecule has 0 fully saturated rings. The number of hydrogen-bond donors (Lipinski definition) is 2. The number of carboxylic acid groups (broad SMARTS) is 1. The number of rotatable bonds is 2. The average molecular weight is 220 g/mol. The van der Waals surface area contributed by atoms with Gasteiger partial charge in [-0.2, -0.15) is 0 Å². The van der Waals surface area contributed by atoms with Crippen LogP contribution in [0, 0.1) is 0 Å². The predicted molar refractivity (Wildman–Crippen MR) is 58.5 cm³/mol. The molecule has 0 aliphatic carbocycles. The van der Waals surface area contributed by atoms with Crippen LogP contribution in [-0.4, -0.2) is 16.2 Å². The van der Waals surface area contributed by atoms with Crippen molar-refractivity contribution in [2.24, 2.45) is 0 Å². The van der Waals surface area contributed by atoms with Crippen molar-refractivity contribution in [1.29, 1.82) is 0 Å². The second-order valence-electron chi connectivity index (χ2n) is 4.23. The quantitative estimate of drug-likeness (QED) is 0.815. The third-order valence-electron chi connectivity index (χ3n) is 2.79. The second-order valence-corrected chi connectivity index (χ2v) is 4.23. The zero-order valence-electron chi connectivity index (χ0n) is 9.02. The molecule has 0 saturated carbocycles. The Kier molecular flexibility index (Phi) is 2.15. The summed E-state index contributed by atoms with van der Waals surface area (Å²) in [6, 6.07) is 4.90. The van der Waals surface area contributed by atoms with Crippen LogP contribution in [0.2, 0.25) is 0 Å². The van der Waals surface area contributed by atoms with E-state index in [1.165, 1.54) is 12.3 Å². The molecule has 0 bridgehead atoms. The van der Waals surface area contributed by atoms with E-state index in [1.807, 2.05) is 0 Å². The molecule has 2 N–H and O–H groups in total. The highest BCUT2D eigenvalue weighted by molar-refractivity contribution is 5.92. The van der Waals surface area contributed by atoms with Gasteiger partial charge in [0.15, 0.2) is 11.3 Å². The molecule has 0 amide bonds. The molecule has 0 aliphatic heterocycles. The Bertz CT molecular complexity index is 551. The number of benzene rings is 1. The van der Waals surface area contributed by atoms with E-state index in [0.717, 1.165) is 0 Å². The molecule has 84 valence electrons. The Labute approximate surface area is 92.1 Å². The van der Waals surface area contributed by atoms with Gasteiger partial charge in [0.05, 0.1) is 11.7 Å². The number of fused-ring (bicyclic) bond motifs is 1. The van der Waals surface area contributed by atoms with Crippen LogP contribution in [0.4, 0.5) is 0 Å². The molecule has 2 aromatic rings. The van der Waals surface area contributed by atoms with Gasteiger partial charge in [-0.3, -0.25) is 4.79 Å². The Balaban J connectivity index is 2.72. The normalized spacial score (nSPS) is 11.9. The fourth-order valence-corrected chi connectivity index (χ4v) is 1.64. The van der Waals surface area contributed by atoms with Gasteiger partial charge < -0.3 is 14.6 Å². The summed E-state index contributed by atoms with van der Waals surface area (Å²) in [6.45, 7) is 3.20. The second kappa shape index (κ2) is 3.27. The third kappa shape index (κ3) is 1.34. The van der Waals surface area contributed by atoms with Crippen LogP contribution >= 0.6 is 0 Å². The first kappa shape index (κ1) is 10.5. The molecule has 1 heterocycles. The van der Waals surface area contributed by atoms with E-state index < -0.39 is 11.4 Å². The minimum absolute atomic E-state index is 0.0185. The third-order valence-corrected chi connectivity index (χ3v) is 2.79. The molecule has 0 unspecified atom stereocenters. The molecule has 1 aromatic heterocycles. The van der Waals surface area contributed by atoms with Gasteiger partial charge in [-0.05, 0) is 19.9 Å². The van der Waals surface area contributed by atoms with Crippen LogP contribution in [-0.2, 0) is 10.2 Å². The number of hydrogen-bond acceptors (Lipinski definition) is 3. The zero-order chi connectivity index (χ0) is 11.9. The van der Waals surface area contributed by atoms with Crippen LogP contribution < -0.4 is 0 Å². The number of para-hydroxylation sites is 1. The first-order chi connectivity index (χ1) is 7.44. The number of carboxylic acids is 1. The monoisotopic (exact) mass is 220 g/mol. The highest BCUT2D eigenvalue weighted by Crippen LogP contribution is 2.35. The van der Waals surface area contributed by atoms with Crippen LogP contribution in [0.1, 0.15) is 19.4 Å². The summed E-state index contributed by atoms with van der Waals surface area (Å²) >= 11 is 0. The number of phenolic OH excluding ortho intramolecular Hbond substituents is 1. The van der Waals surface area contributed by atoms with Gasteiger partial charge in [0.25, 0.3) is 0 Å². The molecule has 0 radical (unpaired) electrons. The molecule has 0 atom stereocenters. The minimum atomic E-state index is -1.04. The van der Waals surface area contributed by atoms with Gasteiger partial charge in [0.1, 0.15) is 0 Å². The maximum atomic E-state index is 11.1. The van der Waals surface area contributed by atoms with E-state index in [0.29, 0.717) is 16.5 Å². The highest BCUT2D eigenvalue weighted by atomic mass is 16.4. The summed E-state index contributed by atoms with van der Waals surface area (Å²) in [5.41, 5.74) is -0.156. The number of carbonyl (C=O) groups is 1. The topological polar surface area (TPSA) is 70.7 Å². The summed E-state index contributed by atoms with van der Waals surface area (Å²) < 4.78 is 5.20. The predicted octanol–water partition coefficient (Wildman–Crippen LogP) is 2.50. The highest BCUT2D eigenvalue weighted by Gasteiger charge is 2.33. The van der Waals surface area contributed by atoms with E-state index in [-0.39, 0.29) is 5.75 Å². The number of aromatic hydroxyl groups is 1. The Morgan fingerprint density at radius 3 is 2.69 bits per heavy atom. The molecular formula is C12H12O4. The van der Waals surface area contributed by atoms with Crippen molar-refractivity contribution in [1.82, 2.24) is 0 Å². The van der Waals surface area contributed by atoms with Crippen molar-refractivity contribution in [3.05, 3.63) is 30.0 Å². The molecule has 0 spiro atoms. The lowest BCUT2D eigenvalue weighted by Gasteiger charge is -2.17. The molecule has 0 saturated heterocycles. The van der Waals surface area contributed by atoms with Crippen molar-refractivity contribution in [2.45, 2.75) is 19.3 Å². The molecule has 0 aliphatic rings. The Morgan fingerprint density at radius 2 is 2.06 bits per heavy atom. The van der Waals surface area contributed by atoms with Gasteiger partial charge in [-0.25, -0.2) is 0 Å². The fourth-order valence-electron chi connectivity index (χ4n) is 1.64. The van der Waals surface area contributed by atoms with Crippen LogP contribution in [0.5, 0.6) is 5.75 Å². The summed E-state index contributed by atoms with van der Waals surface area (Å²) in [5, 5.41) is 19.3. The summed E-state index contributed by atoms with van der Waals surface area (Å²) in [4.78, 5) is 11.1. The van der Waals surface area contributed by atoms with Crippen LogP contribution in [0.15, 0.2) is 28.9 Å². The van der Waals surface area contributed by atoms with Gasteiger partial charge >= 0.3 is 5.97 Å². The Morgan fingerprint density at radius 1 is 1.38 bits per heavy atom. The van der Waals surface area contributed by atoms with E-state index in [9.17, 15) is 9.90 Å². The molecule has 4 nitrogen and oxygen atoms in total. The van der Waals surface area contributed by atoms with Crippen molar-refractivity contribution in [3.8, 4) is 5.75 Å². The lowest BCUT2D eigenvalue weighted by molar-refractivity contribution is -0.142. The number of furan rings is 1. The Hall–Kier alpha value is -1.97. The van der Waals surface area contributed by atoms with Crippen molar-refractivity contribution in [2.75, 3.05) is 0 Å². The van der Waals surface area contributed by atoms with Crippen molar-refractivity contribution >= 4 is 16.9 Å². The first-order valence-electron chi connectivity index (χ1n) is 4.87. The summed E-state index contributed by atoms with van der Waals surface area (Å²) in [5.74, 6) is -0.913. The van der Waals surface area contributed by atoms with Crippen molar-refractivity contribution in [3.63, 3.8) is 0 Å². The van der Waals surface area contributed by atoms with E-state index in [2.05, 4.69) is 0 Å². The van der Waals surface area contributed by atoms with Gasteiger partial charge in [0.2, 0.25) is 0 Å². The van der Waals surface area contributed by atoms with Gasteiger partial charge in [0, 0.05) is 10.9 Å². The SMILES string of the molecule is CC(C)(C(=O)O)c1coc2c(O)cccc12. The van der Waals surface area contributed by atoms with Crippen molar-refractivity contribution < 1.29 is 19.4 Å². The van der Waals surface area contributed by atoms with Crippen LogP contribution in [0.25, 0.3) is 11.0 Å². The maximum Gasteiger partial charge on any atom is 0.313 e. The summed E-state index contributed by atoms with van der Waals surface area (Å²) in [6.07, 6.45) is 1.39. The molecule has 16 heavy (non-hydrogen) atoms. The minimum Gasteiger partial charge on any atom is -0.504 e. The molecule has 2 rings (SSSR count). The largest absolute Gasteiger partial charge is 0.504 e. The number of phenols is 1. The van der Waals surface area contributed by atoms with E-state index in [1.54, 1.807) is 26.0 Å².